The van der Waals surface area contributed by atoms with Gasteiger partial charge in [-0.15, -0.1) is 0 Å². The molecule has 0 unspecified atom stereocenters. The van der Waals surface area contributed by atoms with Crippen LogP contribution in [0.3, 0.4) is 0 Å². The Balaban J connectivity index is 2.13. The first kappa shape index (κ1) is 12.9. The van der Waals surface area contributed by atoms with Crippen LogP contribution in [-0.4, -0.2) is 5.91 Å². The molecular weight excluding hydrogens is 296 g/mol. The maximum atomic E-state index is 11.9. The largest absolute Gasteiger partial charge is 0.455 e. The number of nitrogens with two attached hydrogens (primary N) is 1. The maximum Gasteiger partial charge on any atom is 0.291 e. The Labute approximate surface area is 113 Å². The Kier molecular flexibility index (Phi) is 3.84. The Hall–Kier alpha value is -1.59. The zero-order valence-corrected chi connectivity index (χ0v) is 11.5. The molecule has 1 aromatic heterocycles. The van der Waals surface area contributed by atoms with Gasteiger partial charge in [-0.1, -0.05) is 15.9 Å². The van der Waals surface area contributed by atoms with Gasteiger partial charge in [0.1, 0.15) is 5.76 Å². The van der Waals surface area contributed by atoms with Gasteiger partial charge in [-0.3, -0.25) is 4.79 Å². The highest BCUT2D eigenvalue weighted by atomic mass is 79.9. The lowest BCUT2D eigenvalue weighted by Crippen LogP contribution is -2.11. The number of halogens is 1. The zero-order chi connectivity index (χ0) is 13.1. The predicted molar refractivity (Wildman–Crippen MR) is 73.4 cm³/mol. The van der Waals surface area contributed by atoms with Gasteiger partial charge in [0.05, 0.1) is 6.54 Å². The van der Waals surface area contributed by atoms with Crippen molar-refractivity contribution >= 4 is 27.5 Å². The number of benzene rings is 1. The fourth-order valence-electron chi connectivity index (χ4n) is 1.52. The molecule has 0 aliphatic rings. The van der Waals surface area contributed by atoms with E-state index in [0.717, 1.165) is 15.7 Å². The van der Waals surface area contributed by atoms with Crippen molar-refractivity contribution in [2.24, 2.45) is 5.73 Å². The van der Waals surface area contributed by atoms with Gasteiger partial charge in [-0.2, -0.15) is 0 Å². The molecular formula is C13H13BrN2O2. The van der Waals surface area contributed by atoms with E-state index in [-0.39, 0.29) is 18.2 Å². The molecule has 0 spiro atoms. The molecule has 0 saturated heterocycles. The van der Waals surface area contributed by atoms with E-state index in [1.165, 1.54) is 0 Å². The van der Waals surface area contributed by atoms with Crippen LogP contribution in [0.5, 0.6) is 0 Å². The summed E-state index contributed by atoms with van der Waals surface area (Å²) >= 11 is 3.41. The molecule has 0 aliphatic heterocycles. The van der Waals surface area contributed by atoms with Crippen LogP contribution < -0.4 is 11.1 Å². The van der Waals surface area contributed by atoms with Crippen molar-refractivity contribution < 1.29 is 9.21 Å². The van der Waals surface area contributed by atoms with E-state index in [1.54, 1.807) is 12.1 Å². The minimum atomic E-state index is -0.281. The Morgan fingerprint density at radius 2 is 2.17 bits per heavy atom. The minimum absolute atomic E-state index is 0.260. The fraction of sp³-hybridized carbons (Fsp3) is 0.154. The van der Waals surface area contributed by atoms with E-state index < -0.39 is 0 Å². The lowest BCUT2D eigenvalue weighted by Gasteiger charge is -2.05. The third-order valence-electron chi connectivity index (χ3n) is 2.50. The fourth-order valence-corrected chi connectivity index (χ4v) is 1.77. The van der Waals surface area contributed by atoms with Crippen molar-refractivity contribution in [2.75, 3.05) is 5.32 Å². The smallest absolute Gasteiger partial charge is 0.291 e. The summed E-state index contributed by atoms with van der Waals surface area (Å²) in [5, 5.41) is 2.77. The summed E-state index contributed by atoms with van der Waals surface area (Å²) in [7, 11) is 0. The summed E-state index contributed by atoms with van der Waals surface area (Å²) in [6.07, 6.45) is 0. The molecule has 0 aliphatic carbocycles. The van der Waals surface area contributed by atoms with E-state index in [9.17, 15) is 4.79 Å². The highest BCUT2D eigenvalue weighted by molar-refractivity contribution is 9.10. The first-order valence-electron chi connectivity index (χ1n) is 5.46. The summed E-state index contributed by atoms with van der Waals surface area (Å²) in [6.45, 7) is 2.24. The van der Waals surface area contributed by atoms with Crippen molar-refractivity contribution in [1.82, 2.24) is 0 Å². The van der Waals surface area contributed by atoms with Crippen LogP contribution in [-0.2, 0) is 6.54 Å². The summed E-state index contributed by atoms with van der Waals surface area (Å²) in [5.41, 5.74) is 7.20. The van der Waals surface area contributed by atoms with Crippen molar-refractivity contribution in [1.29, 1.82) is 0 Å². The summed E-state index contributed by atoms with van der Waals surface area (Å²) in [4.78, 5) is 11.9. The molecule has 1 heterocycles. The van der Waals surface area contributed by atoms with Crippen molar-refractivity contribution in [3.8, 4) is 0 Å². The zero-order valence-electron chi connectivity index (χ0n) is 9.87. The summed E-state index contributed by atoms with van der Waals surface area (Å²) in [6, 6.07) is 8.90. The van der Waals surface area contributed by atoms with E-state index in [1.807, 2.05) is 25.1 Å². The van der Waals surface area contributed by atoms with E-state index in [0.29, 0.717) is 5.76 Å². The normalized spacial score (nSPS) is 10.4. The van der Waals surface area contributed by atoms with Gasteiger partial charge in [0.2, 0.25) is 0 Å². The number of aryl methyl sites for hydroxylation is 1. The number of amides is 1. The molecule has 94 valence electrons. The Morgan fingerprint density at radius 3 is 2.78 bits per heavy atom. The van der Waals surface area contributed by atoms with Gasteiger partial charge in [-0.25, -0.2) is 0 Å². The first-order valence-corrected chi connectivity index (χ1v) is 6.25. The third-order valence-corrected chi connectivity index (χ3v) is 3.39. The van der Waals surface area contributed by atoms with E-state index in [4.69, 9.17) is 10.2 Å². The molecule has 0 atom stereocenters. The molecule has 18 heavy (non-hydrogen) atoms. The summed E-state index contributed by atoms with van der Waals surface area (Å²) in [5.74, 6) is 0.569. The number of rotatable bonds is 3. The van der Waals surface area contributed by atoms with Crippen LogP contribution in [0.15, 0.2) is 39.2 Å². The van der Waals surface area contributed by atoms with Crippen molar-refractivity contribution in [2.45, 2.75) is 13.5 Å². The van der Waals surface area contributed by atoms with Crippen LogP contribution in [0.25, 0.3) is 0 Å². The highest BCUT2D eigenvalue weighted by Gasteiger charge is 2.11. The van der Waals surface area contributed by atoms with Crippen LogP contribution in [0, 0.1) is 6.92 Å². The average molecular weight is 309 g/mol. The number of furan rings is 1. The van der Waals surface area contributed by atoms with E-state index in [2.05, 4.69) is 21.2 Å². The number of hydrogen-bond acceptors (Lipinski definition) is 3. The molecule has 0 bridgehead atoms. The van der Waals surface area contributed by atoms with Gasteiger partial charge in [0.25, 0.3) is 5.91 Å². The van der Waals surface area contributed by atoms with E-state index >= 15 is 0 Å². The number of nitrogens with one attached hydrogen (secondary N) is 1. The quantitative estimate of drug-likeness (QED) is 0.915. The molecule has 3 N–H and O–H groups in total. The van der Waals surface area contributed by atoms with Crippen LogP contribution in [0.1, 0.15) is 21.9 Å². The molecule has 2 rings (SSSR count). The Morgan fingerprint density at radius 1 is 1.39 bits per heavy atom. The van der Waals surface area contributed by atoms with Gasteiger partial charge in [0.15, 0.2) is 5.76 Å². The maximum absolute atomic E-state index is 11.9. The van der Waals surface area contributed by atoms with Crippen molar-refractivity contribution in [3.63, 3.8) is 0 Å². The van der Waals surface area contributed by atoms with Crippen LogP contribution in [0.4, 0.5) is 5.69 Å². The SMILES string of the molecule is Cc1cc(NC(=O)c2ccc(CN)o2)ccc1Br. The Bertz CT molecular complexity index is 578. The number of hydrogen-bond donors (Lipinski definition) is 2. The molecule has 5 heteroatoms. The first-order chi connectivity index (χ1) is 8.60. The molecule has 0 radical (unpaired) electrons. The van der Waals surface area contributed by atoms with Gasteiger partial charge < -0.3 is 15.5 Å². The van der Waals surface area contributed by atoms with Gasteiger partial charge in [-0.05, 0) is 42.8 Å². The topological polar surface area (TPSA) is 68.3 Å². The predicted octanol–water partition coefficient (Wildman–Crippen LogP) is 3.06. The lowest BCUT2D eigenvalue weighted by molar-refractivity contribution is 0.0995. The average Bonchev–Trinajstić information content (AvgIpc) is 2.82. The number of carbonyl (C=O) groups excluding carboxylic acids is 1. The second-order valence-electron chi connectivity index (χ2n) is 3.89. The van der Waals surface area contributed by atoms with Crippen LogP contribution in [0.2, 0.25) is 0 Å². The van der Waals surface area contributed by atoms with Crippen molar-refractivity contribution in [3.05, 3.63) is 51.9 Å². The standard InChI is InChI=1S/C13H13BrN2O2/c1-8-6-9(2-4-11(8)14)16-13(17)12-5-3-10(7-15)18-12/h2-6H,7,15H2,1H3,(H,16,17). The summed E-state index contributed by atoms with van der Waals surface area (Å²) < 4.78 is 6.28. The highest BCUT2D eigenvalue weighted by Crippen LogP contribution is 2.20. The number of carbonyl (C=O) groups is 1. The number of anilines is 1. The van der Waals surface area contributed by atoms with Gasteiger partial charge >= 0.3 is 0 Å². The lowest BCUT2D eigenvalue weighted by atomic mass is 10.2. The third kappa shape index (κ3) is 2.80. The molecule has 0 saturated carbocycles. The molecule has 0 fully saturated rings. The monoisotopic (exact) mass is 308 g/mol. The second kappa shape index (κ2) is 5.37. The molecule has 4 nitrogen and oxygen atoms in total. The molecule has 1 aromatic carbocycles. The van der Waals surface area contributed by atoms with Crippen LogP contribution >= 0.6 is 15.9 Å². The second-order valence-corrected chi connectivity index (χ2v) is 4.74. The van der Waals surface area contributed by atoms with Gasteiger partial charge in [0, 0.05) is 10.2 Å². The molecule has 1 amide bonds. The minimum Gasteiger partial charge on any atom is -0.455 e. The molecule has 2 aromatic rings.